The van der Waals surface area contributed by atoms with E-state index in [-0.39, 0.29) is 23.9 Å². The third-order valence-corrected chi connectivity index (χ3v) is 3.18. The lowest BCUT2D eigenvalue weighted by atomic mass is 10.0. The van der Waals surface area contributed by atoms with E-state index in [1.807, 2.05) is 13.8 Å². The van der Waals surface area contributed by atoms with Gasteiger partial charge in [-0.15, -0.1) is 0 Å². The van der Waals surface area contributed by atoms with Gasteiger partial charge in [-0.05, 0) is 26.2 Å². The third kappa shape index (κ3) is 1.85. The van der Waals surface area contributed by atoms with Crippen molar-refractivity contribution >= 4 is 11.8 Å². The van der Waals surface area contributed by atoms with Crippen LogP contribution in [0.25, 0.3) is 0 Å². The third-order valence-electron chi connectivity index (χ3n) is 3.18. The highest BCUT2D eigenvalue weighted by Crippen LogP contribution is 2.31. The van der Waals surface area contributed by atoms with Gasteiger partial charge in [-0.3, -0.25) is 9.59 Å². The van der Waals surface area contributed by atoms with Gasteiger partial charge in [0.1, 0.15) is 12.1 Å². The molecule has 2 aliphatic rings. The molecule has 1 N–H and O–H groups in total. The van der Waals surface area contributed by atoms with Crippen LogP contribution in [0.15, 0.2) is 0 Å². The first-order valence-corrected chi connectivity index (χ1v) is 5.77. The highest BCUT2D eigenvalue weighted by Gasteiger charge is 2.44. The van der Waals surface area contributed by atoms with Crippen LogP contribution in [0.4, 0.5) is 0 Å². The van der Waals surface area contributed by atoms with Crippen LogP contribution in [0.1, 0.15) is 39.5 Å². The van der Waals surface area contributed by atoms with Crippen LogP contribution in [0.5, 0.6) is 0 Å². The van der Waals surface area contributed by atoms with Crippen LogP contribution < -0.4 is 5.32 Å². The van der Waals surface area contributed by atoms with Gasteiger partial charge < -0.3 is 10.2 Å². The summed E-state index contributed by atoms with van der Waals surface area (Å²) in [5, 5.41) is 2.80. The molecule has 0 aromatic rings. The number of carbonyl (C=O) groups is 2. The summed E-state index contributed by atoms with van der Waals surface area (Å²) in [4.78, 5) is 25.5. The number of amides is 2. The van der Waals surface area contributed by atoms with Crippen LogP contribution in [-0.2, 0) is 9.59 Å². The van der Waals surface area contributed by atoms with Gasteiger partial charge >= 0.3 is 0 Å². The Balaban J connectivity index is 2.12. The molecular weight excluding hydrogens is 192 g/mol. The van der Waals surface area contributed by atoms with Gasteiger partial charge in [-0.2, -0.15) is 0 Å². The predicted octanol–water partition coefficient (Wildman–Crippen LogP) is 0.664. The number of rotatable bonds is 3. The smallest absolute Gasteiger partial charge is 0.246 e. The lowest BCUT2D eigenvalue weighted by Gasteiger charge is -2.37. The van der Waals surface area contributed by atoms with E-state index >= 15 is 0 Å². The van der Waals surface area contributed by atoms with Gasteiger partial charge in [0.25, 0.3) is 0 Å². The fourth-order valence-corrected chi connectivity index (χ4v) is 2.18. The van der Waals surface area contributed by atoms with E-state index in [1.165, 1.54) is 0 Å². The van der Waals surface area contributed by atoms with Crippen molar-refractivity contribution in [2.75, 3.05) is 0 Å². The van der Waals surface area contributed by atoms with E-state index in [4.69, 9.17) is 0 Å². The molecule has 1 saturated carbocycles. The molecular formula is C11H18N2O2. The second-order valence-corrected chi connectivity index (χ2v) is 4.50. The first-order chi connectivity index (χ1) is 7.15. The van der Waals surface area contributed by atoms with Crippen LogP contribution >= 0.6 is 0 Å². The van der Waals surface area contributed by atoms with E-state index in [0.717, 1.165) is 25.7 Å². The molecule has 0 spiro atoms. The number of hydrogen-bond donors (Lipinski definition) is 1. The maximum Gasteiger partial charge on any atom is 0.246 e. The number of carbonyl (C=O) groups excluding carboxylic acids is 2. The van der Waals surface area contributed by atoms with Gasteiger partial charge in [-0.1, -0.05) is 13.3 Å². The van der Waals surface area contributed by atoms with E-state index < -0.39 is 0 Å². The van der Waals surface area contributed by atoms with Crippen molar-refractivity contribution in [2.45, 2.75) is 57.7 Å². The number of piperazine rings is 1. The molecule has 2 unspecified atom stereocenters. The van der Waals surface area contributed by atoms with Crippen molar-refractivity contribution in [1.29, 1.82) is 0 Å². The fourth-order valence-electron chi connectivity index (χ4n) is 2.18. The predicted molar refractivity (Wildman–Crippen MR) is 56.2 cm³/mol. The number of nitrogens with zero attached hydrogens (tertiary/aromatic N) is 1. The second-order valence-electron chi connectivity index (χ2n) is 4.50. The summed E-state index contributed by atoms with van der Waals surface area (Å²) in [5.74, 6) is 0.117. The molecule has 2 rings (SSSR count). The lowest BCUT2D eigenvalue weighted by Crippen LogP contribution is -2.62. The van der Waals surface area contributed by atoms with Crippen molar-refractivity contribution in [1.82, 2.24) is 10.2 Å². The zero-order valence-electron chi connectivity index (χ0n) is 9.32. The molecule has 4 heteroatoms. The molecule has 0 aromatic carbocycles. The maximum absolute atomic E-state index is 12.1. The van der Waals surface area contributed by atoms with Gasteiger partial charge in [0.15, 0.2) is 0 Å². The second kappa shape index (κ2) is 3.83. The van der Waals surface area contributed by atoms with Crippen molar-refractivity contribution < 1.29 is 9.59 Å². The summed E-state index contributed by atoms with van der Waals surface area (Å²) in [6, 6.07) is -0.227. The van der Waals surface area contributed by atoms with Crippen molar-refractivity contribution in [2.24, 2.45) is 0 Å². The van der Waals surface area contributed by atoms with Crippen molar-refractivity contribution in [3.8, 4) is 0 Å². The summed E-state index contributed by atoms with van der Waals surface area (Å²) in [6.45, 7) is 3.84. The molecule has 4 nitrogen and oxygen atoms in total. The Kier molecular flexibility index (Phi) is 2.67. The zero-order valence-corrected chi connectivity index (χ0v) is 9.32. The average molecular weight is 210 g/mol. The normalized spacial score (nSPS) is 31.7. The van der Waals surface area contributed by atoms with Crippen LogP contribution in [0.3, 0.4) is 0 Å². The lowest BCUT2D eigenvalue weighted by molar-refractivity contribution is -0.149. The zero-order chi connectivity index (χ0) is 11.0. The molecule has 1 heterocycles. The molecule has 0 aromatic heterocycles. The summed E-state index contributed by atoms with van der Waals surface area (Å²) in [7, 11) is 0. The molecule has 0 radical (unpaired) electrons. The first kappa shape index (κ1) is 10.5. The standard InChI is InChI=1S/C11H18N2O2/c1-3-4-9-11(15)13(8-5-6-8)7(2)10(14)12-9/h7-9H,3-6H2,1-2H3,(H,12,14). The largest absolute Gasteiger partial charge is 0.343 e. The Morgan fingerprint density at radius 2 is 2.07 bits per heavy atom. The molecule has 1 saturated heterocycles. The summed E-state index contributed by atoms with van der Waals surface area (Å²) in [6.07, 6.45) is 3.79. The Morgan fingerprint density at radius 1 is 1.40 bits per heavy atom. The van der Waals surface area contributed by atoms with Crippen molar-refractivity contribution in [3.63, 3.8) is 0 Å². The summed E-state index contributed by atoms with van der Waals surface area (Å²) < 4.78 is 0. The van der Waals surface area contributed by atoms with E-state index in [0.29, 0.717) is 6.04 Å². The molecule has 15 heavy (non-hydrogen) atoms. The Labute approximate surface area is 90.0 Å². The van der Waals surface area contributed by atoms with Gasteiger partial charge in [-0.25, -0.2) is 0 Å². The Hall–Kier alpha value is -1.06. The minimum atomic E-state index is -0.280. The number of hydrogen-bond acceptors (Lipinski definition) is 2. The van der Waals surface area contributed by atoms with Crippen LogP contribution in [0, 0.1) is 0 Å². The molecule has 0 bridgehead atoms. The Morgan fingerprint density at radius 3 is 2.60 bits per heavy atom. The van der Waals surface area contributed by atoms with Gasteiger partial charge in [0.05, 0.1) is 0 Å². The molecule has 1 aliphatic heterocycles. The topological polar surface area (TPSA) is 49.4 Å². The molecule has 2 atom stereocenters. The highest BCUT2D eigenvalue weighted by atomic mass is 16.2. The van der Waals surface area contributed by atoms with Gasteiger partial charge in [0, 0.05) is 6.04 Å². The Bertz CT molecular complexity index is 286. The van der Waals surface area contributed by atoms with Crippen LogP contribution in [-0.4, -0.2) is 34.8 Å². The fraction of sp³-hybridized carbons (Fsp3) is 0.818. The minimum Gasteiger partial charge on any atom is -0.343 e. The SMILES string of the molecule is CCCC1NC(=O)C(C)N(C2CC2)C1=O. The first-order valence-electron chi connectivity index (χ1n) is 5.77. The number of nitrogens with one attached hydrogen (secondary N) is 1. The quantitative estimate of drug-likeness (QED) is 0.744. The summed E-state index contributed by atoms with van der Waals surface area (Å²) >= 11 is 0. The maximum atomic E-state index is 12.1. The van der Waals surface area contributed by atoms with E-state index in [9.17, 15) is 9.59 Å². The average Bonchev–Trinajstić information content (AvgIpc) is 2.99. The van der Waals surface area contributed by atoms with E-state index in [1.54, 1.807) is 4.90 Å². The van der Waals surface area contributed by atoms with Gasteiger partial charge in [0.2, 0.25) is 11.8 Å². The molecule has 2 amide bonds. The summed E-state index contributed by atoms with van der Waals surface area (Å²) in [5.41, 5.74) is 0. The monoisotopic (exact) mass is 210 g/mol. The van der Waals surface area contributed by atoms with Crippen LogP contribution in [0.2, 0.25) is 0 Å². The van der Waals surface area contributed by atoms with Crippen molar-refractivity contribution in [3.05, 3.63) is 0 Å². The molecule has 1 aliphatic carbocycles. The molecule has 2 fully saturated rings. The van der Waals surface area contributed by atoms with E-state index in [2.05, 4.69) is 5.32 Å². The highest BCUT2D eigenvalue weighted by molar-refractivity contribution is 5.97. The minimum absolute atomic E-state index is 0.0000463. The molecule has 84 valence electrons.